The third kappa shape index (κ3) is 2.06. The van der Waals surface area contributed by atoms with Crippen molar-refractivity contribution in [1.29, 1.82) is 0 Å². The van der Waals surface area contributed by atoms with Gasteiger partial charge >= 0.3 is 0 Å². The Labute approximate surface area is 73.4 Å². The van der Waals surface area contributed by atoms with Gasteiger partial charge in [-0.2, -0.15) is 0 Å². The summed E-state index contributed by atoms with van der Waals surface area (Å²) < 4.78 is 12.8. The first-order chi connectivity index (χ1) is 5.11. The number of aliphatic hydroxyl groups is 1. The summed E-state index contributed by atoms with van der Waals surface area (Å²) >= 11 is 10.7. The Morgan fingerprint density at radius 3 is 2.55 bits per heavy atom. The van der Waals surface area contributed by atoms with Crippen LogP contribution in [0.5, 0.6) is 0 Å². The molecule has 0 aliphatic carbocycles. The van der Waals surface area contributed by atoms with Crippen molar-refractivity contribution >= 4 is 23.2 Å². The lowest BCUT2D eigenvalue weighted by molar-refractivity contribution is 0.257. The number of alkyl halides is 1. The molecule has 0 spiro atoms. The zero-order valence-electron chi connectivity index (χ0n) is 5.39. The second kappa shape index (κ2) is 3.39. The molecule has 1 aromatic rings. The molecule has 60 valence electrons. The average Bonchev–Trinajstić information content (AvgIpc) is 1.85. The van der Waals surface area contributed by atoms with E-state index in [1.54, 1.807) is 0 Å². The largest absolute Gasteiger partial charge is 0.373 e. The number of aliphatic hydroxyl groups excluding tert-OH is 1. The lowest BCUT2D eigenvalue weighted by atomic mass is 10.2. The molecule has 1 nitrogen and oxygen atoms in total. The zero-order valence-corrected chi connectivity index (χ0v) is 6.90. The van der Waals surface area contributed by atoms with Crippen LogP contribution in [0.15, 0.2) is 18.2 Å². The normalized spacial score (nSPS) is 13.1. The molecule has 0 aliphatic heterocycles. The van der Waals surface area contributed by atoms with Crippen LogP contribution in [0.4, 0.5) is 4.39 Å². The SMILES string of the molecule is OC(Cl)c1ccc(Cl)cc1F. The molecule has 0 heterocycles. The highest BCUT2D eigenvalue weighted by molar-refractivity contribution is 6.30. The molecule has 1 aromatic carbocycles. The van der Waals surface area contributed by atoms with Gasteiger partial charge in [-0.25, -0.2) is 4.39 Å². The van der Waals surface area contributed by atoms with Gasteiger partial charge < -0.3 is 5.11 Å². The second-order valence-corrected chi connectivity index (χ2v) is 2.85. The number of rotatable bonds is 1. The van der Waals surface area contributed by atoms with E-state index in [4.69, 9.17) is 28.3 Å². The maximum absolute atomic E-state index is 12.8. The Kier molecular flexibility index (Phi) is 2.71. The summed E-state index contributed by atoms with van der Waals surface area (Å²) in [6, 6.07) is 3.91. The molecule has 1 N–H and O–H groups in total. The number of hydrogen-bond donors (Lipinski definition) is 1. The van der Waals surface area contributed by atoms with Crippen LogP contribution in [0, 0.1) is 5.82 Å². The second-order valence-electron chi connectivity index (χ2n) is 2.00. The molecular formula is C7H5Cl2FO. The van der Waals surface area contributed by atoms with E-state index in [1.807, 2.05) is 0 Å². The van der Waals surface area contributed by atoms with E-state index in [2.05, 4.69) is 0 Å². The topological polar surface area (TPSA) is 20.2 Å². The van der Waals surface area contributed by atoms with Gasteiger partial charge in [0.2, 0.25) is 0 Å². The molecule has 1 rings (SSSR count). The van der Waals surface area contributed by atoms with Crippen LogP contribution >= 0.6 is 23.2 Å². The van der Waals surface area contributed by atoms with Crippen molar-refractivity contribution < 1.29 is 9.50 Å². The Balaban J connectivity index is 3.09. The van der Waals surface area contributed by atoms with Crippen LogP contribution in [-0.4, -0.2) is 5.11 Å². The average molecular weight is 195 g/mol. The molecule has 1 atom stereocenters. The van der Waals surface area contributed by atoms with Gasteiger partial charge in [0.1, 0.15) is 5.82 Å². The van der Waals surface area contributed by atoms with Crippen molar-refractivity contribution in [2.45, 2.75) is 5.56 Å². The Hall–Kier alpha value is -0.310. The van der Waals surface area contributed by atoms with Crippen molar-refractivity contribution in [3.63, 3.8) is 0 Å². The molecule has 11 heavy (non-hydrogen) atoms. The summed E-state index contributed by atoms with van der Waals surface area (Å²) in [5.41, 5.74) is -1.27. The van der Waals surface area contributed by atoms with E-state index >= 15 is 0 Å². The molecular weight excluding hydrogens is 190 g/mol. The fourth-order valence-electron chi connectivity index (χ4n) is 0.695. The van der Waals surface area contributed by atoms with Crippen LogP contribution < -0.4 is 0 Å². The third-order valence-electron chi connectivity index (χ3n) is 1.22. The minimum Gasteiger partial charge on any atom is -0.373 e. The maximum Gasteiger partial charge on any atom is 0.156 e. The molecule has 1 unspecified atom stereocenters. The van der Waals surface area contributed by atoms with Gasteiger partial charge in [0.05, 0.1) is 0 Å². The number of halogens is 3. The molecule has 0 saturated carbocycles. The summed E-state index contributed by atoms with van der Waals surface area (Å²) in [6.07, 6.45) is 0. The summed E-state index contributed by atoms with van der Waals surface area (Å²) in [7, 11) is 0. The highest BCUT2D eigenvalue weighted by Gasteiger charge is 2.08. The first kappa shape index (κ1) is 8.78. The van der Waals surface area contributed by atoms with Crippen LogP contribution in [0.3, 0.4) is 0 Å². The molecule has 0 bridgehead atoms. The molecule has 0 fully saturated rings. The van der Waals surface area contributed by atoms with Gasteiger partial charge in [-0.3, -0.25) is 0 Å². The number of hydrogen-bond acceptors (Lipinski definition) is 1. The molecule has 0 aliphatic rings. The van der Waals surface area contributed by atoms with Gasteiger partial charge in [-0.1, -0.05) is 29.3 Å². The highest BCUT2D eigenvalue weighted by atomic mass is 35.5. The molecule has 0 amide bonds. The predicted molar refractivity (Wildman–Crippen MR) is 42.2 cm³/mol. The minimum absolute atomic E-state index is 0.0380. The van der Waals surface area contributed by atoms with E-state index in [0.717, 1.165) is 6.07 Å². The fraction of sp³-hybridized carbons (Fsp3) is 0.143. The van der Waals surface area contributed by atoms with Crippen molar-refractivity contribution in [1.82, 2.24) is 0 Å². The lowest BCUT2D eigenvalue weighted by Crippen LogP contribution is -1.92. The van der Waals surface area contributed by atoms with Crippen molar-refractivity contribution in [3.8, 4) is 0 Å². The number of benzene rings is 1. The van der Waals surface area contributed by atoms with Gasteiger partial charge in [-0.15, -0.1) is 0 Å². The van der Waals surface area contributed by atoms with Crippen LogP contribution in [0.2, 0.25) is 5.02 Å². The third-order valence-corrected chi connectivity index (χ3v) is 1.69. The minimum atomic E-state index is -1.31. The lowest BCUT2D eigenvalue weighted by Gasteiger charge is -2.03. The van der Waals surface area contributed by atoms with Gasteiger partial charge in [0, 0.05) is 10.6 Å². The van der Waals surface area contributed by atoms with Crippen LogP contribution in [0.25, 0.3) is 0 Å². The Bertz CT molecular complexity index is 263. The van der Waals surface area contributed by atoms with Crippen molar-refractivity contribution in [2.24, 2.45) is 0 Å². The Morgan fingerprint density at radius 2 is 2.09 bits per heavy atom. The monoisotopic (exact) mass is 194 g/mol. The first-order valence-corrected chi connectivity index (χ1v) is 3.70. The molecule has 0 radical (unpaired) electrons. The highest BCUT2D eigenvalue weighted by Crippen LogP contribution is 2.22. The van der Waals surface area contributed by atoms with Gasteiger partial charge in [0.15, 0.2) is 5.56 Å². The standard InChI is InChI=1S/C7H5Cl2FO/c8-4-1-2-5(7(9)11)6(10)3-4/h1-3,7,11H. The predicted octanol–water partition coefficient (Wildman–Crippen LogP) is 2.71. The summed E-state index contributed by atoms with van der Waals surface area (Å²) in [5.74, 6) is -0.597. The van der Waals surface area contributed by atoms with Crippen LogP contribution in [0.1, 0.15) is 11.1 Å². The van der Waals surface area contributed by atoms with Crippen molar-refractivity contribution in [2.75, 3.05) is 0 Å². The Morgan fingerprint density at radius 1 is 1.45 bits per heavy atom. The van der Waals surface area contributed by atoms with Gasteiger partial charge in [-0.05, 0) is 12.1 Å². The van der Waals surface area contributed by atoms with E-state index in [-0.39, 0.29) is 10.6 Å². The van der Waals surface area contributed by atoms with E-state index in [9.17, 15) is 4.39 Å². The van der Waals surface area contributed by atoms with E-state index in [0.29, 0.717) is 0 Å². The van der Waals surface area contributed by atoms with Gasteiger partial charge in [0.25, 0.3) is 0 Å². The summed E-state index contributed by atoms with van der Waals surface area (Å²) in [5, 5.41) is 9.06. The first-order valence-electron chi connectivity index (χ1n) is 2.88. The zero-order chi connectivity index (χ0) is 8.43. The van der Waals surface area contributed by atoms with E-state index in [1.165, 1.54) is 12.1 Å². The van der Waals surface area contributed by atoms with Crippen LogP contribution in [-0.2, 0) is 0 Å². The van der Waals surface area contributed by atoms with E-state index < -0.39 is 11.4 Å². The molecule has 4 heteroatoms. The quantitative estimate of drug-likeness (QED) is 0.683. The molecule has 0 aromatic heterocycles. The summed E-state index contributed by atoms with van der Waals surface area (Å²) in [4.78, 5) is 0. The summed E-state index contributed by atoms with van der Waals surface area (Å²) in [6.45, 7) is 0. The maximum atomic E-state index is 12.8. The van der Waals surface area contributed by atoms with Crippen molar-refractivity contribution in [3.05, 3.63) is 34.6 Å². The smallest absolute Gasteiger partial charge is 0.156 e. The fourth-order valence-corrected chi connectivity index (χ4v) is 1.03. The molecule has 0 saturated heterocycles.